The maximum absolute atomic E-state index is 13.5. The zero-order valence-corrected chi connectivity index (χ0v) is 16.1. The Labute approximate surface area is 165 Å². The van der Waals surface area contributed by atoms with Gasteiger partial charge in [-0.2, -0.15) is 13.2 Å². The number of ether oxygens (including phenoxy) is 1. The SMILES string of the molecule is CC(C)(C)c1ccc(COC(=O)C(C(N)=O)c2ccc(F)c(C(F)(F)F)c2)cc1. The number of halogens is 4. The lowest BCUT2D eigenvalue weighted by atomic mass is 9.87. The Morgan fingerprint density at radius 1 is 1.03 bits per heavy atom. The summed E-state index contributed by atoms with van der Waals surface area (Å²) in [7, 11) is 0. The Balaban J connectivity index is 2.20. The molecular weight excluding hydrogens is 390 g/mol. The molecule has 0 bridgehead atoms. The van der Waals surface area contributed by atoms with Gasteiger partial charge in [-0.05, 0) is 34.2 Å². The van der Waals surface area contributed by atoms with E-state index in [0.717, 1.165) is 11.6 Å². The molecule has 0 saturated carbocycles. The monoisotopic (exact) mass is 411 g/mol. The van der Waals surface area contributed by atoms with Crippen LogP contribution in [0.1, 0.15) is 48.9 Å². The van der Waals surface area contributed by atoms with Crippen LogP contribution in [0.5, 0.6) is 0 Å². The Morgan fingerprint density at radius 2 is 1.62 bits per heavy atom. The number of benzene rings is 2. The summed E-state index contributed by atoms with van der Waals surface area (Å²) in [6.07, 6.45) is -4.99. The van der Waals surface area contributed by atoms with Crippen LogP contribution >= 0.6 is 0 Å². The van der Waals surface area contributed by atoms with Crippen molar-refractivity contribution in [2.24, 2.45) is 5.73 Å². The number of rotatable bonds is 5. The van der Waals surface area contributed by atoms with Crippen LogP contribution in [0.3, 0.4) is 0 Å². The van der Waals surface area contributed by atoms with Crippen LogP contribution in [0.25, 0.3) is 0 Å². The molecule has 0 saturated heterocycles. The van der Waals surface area contributed by atoms with Crippen molar-refractivity contribution in [2.75, 3.05) is 0 Å². The van der Waals surface area contributed by atoms with Crippen molar-refractivity contribution in [3.05, 3.63) is 70.5 Å². The van der Waals surface area contributed by atoms with Crippen LogP contribution in [0, 0.1) is 5.82 Å². The Morgan fingerprint density at radius 3 is 2.10 bits per heavy atom. The predicted molar refractivity (Wildman–Crippen MR) is 98.3 cm³/mol. The summed E-state index contributed by atoms with van der Waals surface area (Å²) >= 11 is 0. The minimum atomic E-state index is -4.99. The molecule has 0 aliphatic rings. The zero-order valence-electron chi connectivity index (χ0n) is 16.1. The van der Waals surface area contributed by atoms with Crippen molar-refractivity contribution in [1.82, 2.24) is 0 Å². The van der Waals surface area contributed by atoms with Crippen molar-refractivity contribution < 1.29 is 31.9 Å². The highest BCUT2D eigenvalue weighted by Crippen LogP contribution is 2.33. The topological polar surface area (TPSA) is 69.4 Å². The molecule has 0 spiro atoms. The second-order valence-corrected chi connectivity index (χ2v) is 7.63. The molecule has 156 valence electrons. The van der Waals surface area contributed by atoms with E-state index in [1.165, 1.54) is 0 Å². The van der Waals surface area contributed by atoms with Gasteiger partial charge in [0.05, 0.1) is 5.56 Å². The fourth-order valence-electron chi connectivity index (χ4n) is 2.69. The summed E-state index contributed by atoms with van der Waals surface area (Å²) in [6.45, 7) is 5.92. The van der Waals surface area contributed by atoms with E-state index in [9.17, 15) is 27.2 Å². The lowest BCUT2D eigenvalue weighted by Crippen LogP contribution is -2.30. The van der Waals surface area contributed by atoms with Crippen molar-refractivity contribution >= 4 is 11.9 Å². The van der Waals surface area contributed by atoms with Gasteiger partial charge in [-0.3, -0.25) is 9.59 Å². The van der Waals surface area contributed by atoms with E-state index in [2.05, 4.69) is 0 Å². The first kappa shape index (κ1) is 22.4. The van der Waals surface area contributed by atoms with Gasteiger partial charge in [0, 0.05) is 0 Å². The van der Waals surface area contributed by atoms with Gasteiger partial charge < -0.3 is 10.5 Å². The van der Waals surface area contributed by atoms with E-state index >= 15 is 0 Å². The molecule has 1 unspecified atom stereocenters. The van der Waals surface area contributed by atoms with E-state index in [1.807, 2.05) is 32.9 Å². The van der Waals surface area contributed by atoms with Gasteiger partial charge in [0.15, 0.2) is 5.92 Å². The molecule has 0 fully saturated rings. The zero-order chi connectivity index (χ0) is 22.0. The number of hydrogen-bond donors (Lipinski definition) is 1. The summed E-state index contributed by atoms with van der Waals surface area (Å²) in [4.78, 5) is 24.0. The average molecular weight is 411 g/mol. The van der Waals surface area contributed by atoms with Crippen molar-refractivity contribution in [1.29, 1.82) is 0 Å². The molecule has 0 heterocycles. The summed E-state index contributed by atoms with van der Waals surface area (Å²) in [5.74, 6) is -5.61. The van der Waals surface area contributed by atoms with Gasteiger partial charge in [-0.15, -0.1) is 0 Å². The Hall–Kier alpha value is -2.90. The highest BCUT2D eigenvalue weighted by atomic mass is 19.4. The third kappa shape index (κ3) is 5.56. The third-order valence-corrected chi connectivity index (χ3v) is 4.35. The number of hydrogen-bond acceptors (Lipinski definition) is 3. The number of carbonyl (C=O) groups excluding carboxylic acids is 2. The van der Waals surface area contributed by atoms with Gasteiger partial charge in [0.2, 0.25) is 5.91 Å². The van der Waals surface area contributed by atoms with Crippen LogP contribution < -0.4 is 5.73 Å². The number of esters is 1. The first-order valence-electron chi connectivity index (χ1n) is 8.72. The maximum Gasteiger partial charge on any atom is 0.419 e. The molecular formula is C21H21F4NO3. The number of alkyl halides is 3. The van der Waals surface area contributed by atoms with Crippen LogP contribution in [-0.2, 0) is 32.5 Å². The molecule has 2 N–H and O–H groups in total. The smallest absolute Gasteiger partial charge is 0.419 e. The normalized spacial score (nSPS) is 13.1. The quantitative estimate of drug-likeness (QED) is 0.449. The standard InChI is InChI=1S/C21H21F4NO3/c1-20(2,3)14-7-4-12(5-8-14)11-29-19(28)17(18(26)27)13-6-9-16(22)15(10-13)21(23,24)25/h4-10,17H,11H2,1-3H3,(H2,26,27). The fraction of sp³-hybridized carbons (Fsp3) is 0.333. The molecule has 4 nitrogen and oxygen atoms in total. The fourth-order valence-corrected chi connectivity index (χ4v) is 2.69. The first-order chi connectivity index (χ1) is 13.3. The molecule has 29 heavy (non-hydrogen) atoms. The van der Waals surface area contributed by atoms with Crippen LogP contribution in [0.4, 0.5) is 17.6 Å². The Kier molecular flexibility index (Phi) is 6.35. The molecule has 0 aliphatic heterocycles. The van der Waals surface area contributed by atoms with Crippen LogP contribution in [-0.4, -0.2) is 11.9 Å². The Bertz CT molecular complexity index is 900. The molecule has 0 aliphatic carbocycles. The number of amides is 1. The average Bonchev–Trinajstić information content (AvgIpc) is 2.60. The molecule has 2 aromatic carbocycles. The van der Waals surface area contributed by atoms with Gasteiger partial charge in [0.1, 0.15) is 12.4 Å². The van der Waals surface area contributed by atoms with E-state index in [-0.39, 0.29) is 17.6 Å². The van der Waals surface area contributed by atoms with Crippen molar-refractivity contribution in [2.45, 2.75) is 44.9 Å². The molecule has 2 rings (SSSR count). The molecule has 1 amide bonds. The van der Waals surface area contributed by atoms with E-state index in [4.69, 9.17) is 10.5 Å². The number of nitrogens with two attached hydrogens (primary N) is 1. The summed E-state index contributed by atoms with van der Waals surface area (Å²) in [6, 6.07) is 9.05. The van der Waals surface area contributed by atoms with Crippen LogP contribution in [0.15, 0.2) is 42.5 Å². The highest BCUT2D eigenvalue weighted by molar-refractivity contribution is 6.02. The largest absolute Gasteiger partial charge is 0.460 e. The first-order valence-corrected chi connectivity index (χ1v) is 8.72. The molecule has 2 aromatic rings. The second-order valence-electron chi connectivity index (χ2n) is 7.63. The summed E-state index contributed by atoms with van der Waals surface area (Å²) in [5, 5.41) is 0. The van der Waals surface area contributed by atoms with Gasteiger partial charge in [0.25, 0.3) is 0 Å². The minimum Gasteiger partial charge on any atom is -0.460 e. The van der Waals surface area contributed by atoms with Crippen molar-refractivity contribution in [3.8, 4) is 0 Å². The summed E-state index contributed by atoms with van der Waals surface area (Å²) < 4.78 is 57.3. The maximum atomic E-state index is 13.5. The highest BCUT2D eigenvalue weighted by Gasteiger charge is 2.36. The van der Waals surface area contributed by atoms with Gasteiger partial charge in [-0.1, -0.05) is 51.1 Å². The lowest BCUT2D eigenvalue weighted by Gasteiger charge is -2.19. The molecule has 8 heteroatoms. The lowest BCUT2D eigenvalue weighted by molar-refractivity contribution is -0.149. The molecule has 1 atom stereocenters. The molecule has 0 radical (unpaired) electrons. The van der Waals surface area contributed by atoms with Crippen LogP contribution in [0.2, 0.25) is 0 Å². The minimum absolute atomic E-state index is 0.0644. The van der Waals surface area contributed by atoms with E-state index < -0.39 is 35.4 Å². The number of carbonyl (C=O) groups is 2. The second kappa shape index (κ2) is 8.23. The van der Waals surface area contributed by atoms with Gasteiger partial charge >= 0.3 is 12.1 Å². The van der Waals surface area contributed by atoms with E-state index in [0.29, 0.717) is 17.7 Å². The third-order valence-electron chi connectivity index (χ3n) is 4.35. The van der Waals surface area contributed by atoms with Gasteiger partial charge in [-0.25, -0.2) is 4.39 Å². The predicted octanol–water partition coefficient (Wildman–Crippen LogP) is 4.45. The van der Waals surface area contributed by atoms with E-state index in [1.54, 1.807) is 12.1 Å². The summed E-state index contributed by atoms with van der Waals surface area (Å²) in [5.41, 5.74) is 4.84. The van der Waals surface area contributed by atoms with Crippen molar-refractivity contribution in [3.63, 3.8) is 0 Å². The number of primary amides is 1. The molecule has 0 aromatic heterocycles.